The number of sulfonamides is 1. The molecule has 0 spiro atoms. The van der Waals surface area contributed by atoms with E-state index in [4.69, 9.17) is 9.47 Å². The normalized spacial score (nSPS) is 11.5. The third-order valence-corrected chi connectivity index (χ3v) is 4.91. The number of nitrogens with one attached hydrogen (secondary N) is 1. The van der Waals surface area contributed by atoms with Crippen LogP contribution in [0.25, 0.3) is 5.65 Å². The smallest absolute Gasteiger partial charge is 0.265 e. The number of benzene rings is 1. The van der Waals surface area contributed by atoms with Gasteiger partial charge in [0.25, 0.3) is 10.0 Å². The van der Waals surface area contributed by atoms with E-state index in [1.807, 2.05) is 13.1 Å². The van der Waals surface area contributed by atoms with Gasteiger partial charge < -0.3 is 13.9 Å². The highest BCUT2D eigenvalue weighted by Crippen LogP contribution is 2.30. The number of imidazole rings is 1. The van der Waals surface area contributed by atoms with E-state index in [0.717, 1.165) is 5.69 Å². The van der Waals surface area contributed by atoms with E-state index in [9.17, 15) is 8.42 Å². The molecule has 1 N–H and O–H groups in total. The SMILES string of the molecule is COc1ccc(S(=O)(=O)Nc2cccn3cc(C)nc23)c(OC)c1. The lowest BCUT2D eigenvalue weighted by Gasteiger charge is -2.13. The zero-order chi connectivity index (χ0) is 17.3. The van der Waals surface area contributed by atoms with Crippen LogP contribution in [0.5, 0.6) is 11.5 Å². The summed E-state index contributed by atoms with van der Waals surface area (Å²) in [5.74, 6) is 0.713. The Morgan fingerprint density at radius 2 is 1.96 bits per heavy atom. The van der Waals surface area contributed by atoms with Crippen molar-refractivity contribution in [1.82, 2.24) is 9.38 Å². The molecule has 0 bridgehead atoms. The molecular weight excluding hydrogens is 330 g/mol. The average molecular weight is 347 g/mol. The summed E-state index contributed by atoms with van der Waals surface area (Å²) in [6, 6.07) is 7.94. The number of hydrogen-bond acceptors (Lipinski definition) is 5. The monoisotopic (exact) mass is 347 g/mol. The third-order valence-electron chi connectivity index (χ3n) is 3.51. The van der Waals surface area contributed by atoms with Crippen LogP contribution >= 0.6 is 0 Å². The molecule has 8 heteroatoms. The van der Waals surface area contributed by atoms with Crippen LogP contribution in [-0.4, -0.2) is 32.0 Å². The van der Waals surface area contributed by atoms with E-state index in [-0.39, 0.29) is 10.6 Å². The number of hydrogen-bond donors (Lipinski definition) is 1. The maximum Gasteiger partial charge on any atom is 0.265 e. The Morgan fingerprint density at radius 1 is 1.17 bits per heavy atom. The summed E-state index contributed by atoms with van der Waals surface area (Å²) >= 11 is 0. The molecular formula is C16H17N3O4S. The average Bonchev–Trinajstić information content (AvgIpc) is 2.95. The van der Waals surface area contributed by atoms with Crippen molar-refractivity contribution in [3.8, 4) is 11.5 Å². The van der Waals surface area contributed by atoms with Gasteiger partial charge in [0.05, 0.1) is 25.6 Å². The van der Waals surface area contributed by atoms with Gasteiger partial charge in [-0.1, -0.05) is 0 Å². The van der Waals surface area contributed by atoms with Crippen LogP contribution in [0.3, 0.4) is 0 Å². The van der Waals surface area contributed by atoms with Crippen LogP contribution in [0.1, 0.15) is 5.69 Å². The van der Waals surface area contributed by atoms with Crippen molar-refractivity contribution in [3.63, 3.8) is 0 Å². The maximum atomic E-state index is 12.8. The third kappa shape index (κ3) is 2.88. The van der Waals surface area contributed by atoms with Crippen LogP contribution in [0, 0.1) is 6.92 Å². The quantitative estimate of drug-likeness (QED) is 0.767. The molecule has 2 heterocycles. The Hall–Kier alpha value is -2.74. The standard InChI is InChI=1S/C16H17N3O4S/c1-11-10-19-8-4-5-13(16(19)17-11)18-24(20,21)15-7-6-12(22-2)9-14(15)23-3/h4-10,18H,1-3H3. The van der Waals surface area contributed by atoms with Crippen LogP contribution in [0.2, 0.25) is 0 Å². The molecule has 24 heavy (non-hydrogen) atoms. The highest BCUT2D eigenvalue weighted by atomic mass is 32.2. The molecule has 0 aliphatic heterocycles. The molecule has 0 atom stereocenters. The van der Waals surface area contributed by atoms with Gasteiger partial charge >= 0.3 is 0 Å². The first-order valence-electron chi connectivity index (χ1n) is 7.14. The lowest BCUT2D eigenvalue weighted by atomic mass is 10.3. The minimum atomic E-state index is -3.85. The number of aromatic nitrogens is 2. The predicted molar refractivity (Wildman–Crippen MR) is 90.3 cm³/mol. The largest absolute Gasteiger partial charge is 0.497 e. The summed E-state index contributed by atoms with van der Waals surface area (Å²) < 4.78 is 40.1. The molecule has 0 saturated carbocycles. The Morgan fingerprint density at radius 3 is 2.67 bits per heavy atom. The van der Waals surface area contributed by atoms with E-state index in [1.54, 1.807) is 28.8 Å². The molecule has 0 radical (unpaired) electrons. The summed E-state index contributed by atoms with van der Waals surface area (Å²) in [6.07, 6.45) is 3.63. The molecule has 0 amide bonds. The van der Waals surface area contributed by atoms with Crippen LogP contribution in [0.4, 0.5) is 5.69 Å². The first-order valence-corrected chi connectivity index (χ1v) is 8.62. The second-order valence-corrected chi connectivity index (χ2v) is 6.81. The van der Waals surface area contributed by atoms with Gasteiger partial charge in [-0.3, -0.25) is 4.72 Å². The lowest BCUT2D eigenvalue weighted by molar-refractivity contribution is 0.386. The summed E-state index contributed by atoms with van der Waals surface area (Å²) in [4.78, 5) is 4.37. The van der Waals surface area contributed by atoms with Crippen LogP contribution in [-0.2, 0) is 10.0 Å². The van der Waals surface area contributed by atoms with Gasteiger partial charge in [0.1, 0.15) is 16.4 Å². The topological polar surface area (TPSA) is 81.9 Å². The molecule has 7 nitrogen and oxygen atoms in total. The summed E-state index contributed by atoms with van der Waals surface area (Å²) in [5, 5.41) is 0. The fourth-order valence-corrected chi connectivity index (χ4v) is 3.62. The van der Waals surface area contributed by atoms with E-state index >= 15 is 0 Å². The molecule has 0 fully saturated rings. The number of fused-ring (bicyclic) bond motifs is 1. The highest BCUT2D eigenvalue weighted by Gasteiger charge is 2.21. The first-order chi connectivity index (χ1) is 11.4. The van der Waals surface area contributed by atoms with Gasteiger partial charge in [-0.2, -0.15) is 0 Å². The van der Waals surface area contributed by atoms with Gasteiger partial charge in [-0.05, 0) is 31.2 Å². The Balaban J connectivity index is 2.05. The summed E-state index contributed by atoms with van der Waals surface area (Å²) in [6.45, 7) is 1.85. The van der Waals surface area contributed by atoms with Crippen molar-refractivity contribution in [3.05, 3.63) is 48.4 Å². The van der Waals surface area contributed by atoms with Crippen molar-refractivity contribution < 1.29 is 17.9 Å². The van der Waals surface area contributed by atoms with Crippen molar-refractivity contribution in [1.29, 1.82) is 0 Å². The van der Waals surface area contributed by atoms with Crippen LogP contribution in [0.15, 0.2) is 47.6 Å². The minimum Gasteiger partial charge on any atom is -0.497 e. The number of rotatable bonds is 5. The van der Waals surface area contributed by atoms with E-state index < -0.39 is 10.0 Å². The number of anilines is 1. The number of ether oxygens (including phenoxy) is 2. The van der Waals surface area contributed by atoms with Crippen molar-refractivity contribution >= 4 is 21.4 Å². The highest BCUT2D eigenvalue weighted by molar-refractivity contribution is 7.92. The van der Waals surface area contributed by atoms with E-state index in [2.05, 4.69) is 9.71 Å². The lowest BCUT2D eigenvalue weighted by Crippen LogP contribution is -2.15. The molecule has 0 aliphatic rings. The van der Waals surface area contributed by atoms with Crippen molar-refractivity contribution in [2.24, 2.45) is 0 Å². The number of aryl methyl sites for hydroxylation is 1. The second kappa shape index (κ2) is 6.04. The molecule has 126 valence electrons. The molecule has 0 unspecified atom stereocenters. The van der Waals surface area contributed by atoms with Gasteiger partial charge in [-0.15, -0.1) is 0 Å². The zero-order valence-electron chi connectivity index (χ0n) is 13.5. The second-order valence-electron chi connectivity index (χ2n) is 5.16. The Labute approximate surface area is 139 Å². The number of methoxy groups -OCH3 is 2. The zero-order valence-corrected chi connectivity index (χ0v) is 14.3. The molecule has 3 aromatic rings. The Kier molecular flexibility index (Phi) is 4.06. The van der Waals surface area contributed by atoms with E-state index in [0.29, 0.717) is 17.1 Å². The first kappa shape index (κ1) is 16.1. The minimum absolute atomic E-state index is 0.0241. The number of nitrogens with zero attached hydrogens (tertiary/aromatic N) is 2. The fourth-order valence-electron chi connectivity index (χ4n) is 2.41. The predicted octanol–water partition coefficient (Wildman–Crippen LogP) is 2.46. The molecule has 0 saturated heterocycles. The van der Waals surface area contributed by atoms with Crippen molar-refractivity contribution in [2.45, 2.75) is 11.8 Å². The van der Waals surface area contributed by atoms with Gasteiger partial charge in [0.2, 0.25) is 0 Å². The summed E-state index contributed by atoms with van der Waals surface area (Å²) in [7, 11) is -0.935. The molecule has 2 aromatic heterocycles. The van der Waals surface area contributed by atoms with E-state index in [1.165, 1.54) is 26.4 Å². The van der Waals surface area contributed by atoms with Gasteiger partial charge in [-0.25, -0.2) is 13.4 Å². The fraction of sp³-hybridized carbons (Fsp3) is 0.188. The van der Waals surface area contributed by atoms with Crippen LogP contribution < -0.4 is 14.2 Å². The van der Waals surface area contributed by atoms with Gasteiger partial charge in [0, 0.05) is 18.5 Å². The van der Waals surface area contributed by atoms with Crippen molar-refractivity contribution in [2.75, 3.05) is 18.9 Å². The van der Waals surface area contributed by atoms with Gasteiger partial charge in [0.15, 0.2) is 5.65 Å². The molecule has 3 rings (SSSR count). The Bertz CT molecular complexity index is 996. The molecule has 0 aliphatic carbocycles. The maximum absolute atomic E-state index is 12.8. The number of pyridine rings is 1. The molecule has 1 aromatic carbocycles. The summed E-state index contributed by atoms with van der Waals surface area (Å²) in [5.41, 5.74) is 1.72.